The Bertz CT molecular complexity index is 1100. The molecule has 150 valence electrons. The van der Waals surface area contributed by atoms with E-state index in [1.165, 1.54) is 0 Å². The van der Waals surface area contributed by atoms with Gasteiger partial charge in [0.25, 0.3) is 11.5 Å². The molecule has 0 bridgehead atoms. The minimum atomic E-state index is -0.113. The topological polar surface area (TPSA) is 64.4 Å². The molecule has 6 heteroatoms. The SMILES string of the molecule is CCOc1ccc(N(CC)C(=O)c2ccc3c(=O)n4c(nc3c2)CCCC4)cc1. The highest BCUT2D eigenvalue weighted by Crippen LogP contribution is 2.23. The van der Waals surface area contributed by atoms with Crippen LogP contribution in [0.1, 0.15) is 42.9 Å². The summed E-state index contributed by atoms with van der Waals surface area (Å²) in [5, 5.41) is 0.566. The normalized spacial score (nSPS) is 13.2. The van der Waals surface area contributed by atoms with Crippen molar-refractivity contribution < 1.29 is 9.53 Å². The molecule has 3 aromatic rings. The molecular formula is C23H25N3O3. The van der Waals surface area contributed by atoms with Crippen molar-refractivity contribution >= 4 is 22.5 Å². The maximum absolute atomic E-state index is 13.2. The largest absolute Gasteiger partial charge is 0.494 e. The van der Waals surface area contributed by atoms with Gasteiger partial charge in [-0.25, -0.2) is 4.98 Å². The van der Waals surface area contributed by atoms with Crippen LogP contribution >= 0.6 is 0 Å². The minimum absolute atomic E-state index is 0.0115. The molecule has 0 fully saturated rings. The van der Waals surface area contributed by atoms with Gasteiger partial charge in [-0.3, -0.25) is 14.2 Å². The molecule has 2 heterocycles. The Kier molecular flexibility index (Phi) is 5.34. The summed E-state index contributed by atoms with van der Waals surface area (Å²) in [6.07, 6.45) is 2.85. The molecule has 0 spiro atoms. The molecule has 1 amide bonds. The van der Waals surface area contributed by atoms with Crippen LogP contribution in [0.15, 0.2) is 47.3 Å². The first-order valence-corrected chi connectivity index (χ1v) is 10.2. The number of rotatable bonds is 5. The van der Waals surface area contributed by atoms with Gasteiger partial charge < -0.3 is 9.64 Å². The zero-order valence-corrected chi connectivity index (χ0v) is 16.9. The molecule has 29 heavy (non-hydrogen) atoms. The van der Waals surface area contributed by atoms with E-state index in [4.69, 9.17) is 4.74 Å². The molecule has 1 aromatic heterocycles. The van der Waals surface area contributed by atoms with Crippen LogP contribution < -0.4 is 15.2 Å². The fourth-order valence-electron chi connectivity index (χ4n) is 3.86. The number of carbonyl (C=O) groups excluding carboxylic acids is 1. The molecular weight excluding hydrogens is 366 g/mol. The molecule has 0 atom stereocenters. The number of aryl methyl sites for hydroxylation is 1. The van der Waals surface area contributed by atoms with E-state index < -0.39 is 0 Å². The zero-order chi connectivity index (χ0) is 20.4. The van der Waals surface area contributed by atoms with Crippen molar-refractivity contribution in [2.75, 3.05) is 18.1 Å². The van der Waals surface area contributed by atoms with Crippen molar-refractivity contribution in [3.63, 3.8) is 0 Å². The Morgan fingerprint density at radius 2 is 1.93 bits per heavy atom. The van der Waals surface area contributed by atoms with E-state index in [1.807, 2.05) is 38.1 Å². The van der Waals surface area contributed by atoms with Gasteiger partial charge in [0, 0.05) is 30.8 Å². The molecule has 1 aliphatic heterocycles. The fourth-order valence-corrected chi connectivity index (χ4v) is 3.86. The maximum atomic E-state index is 13.2. The molecule has 0 aliphatic carbocycles. The van der Waals surface area contributed by atoms with Crippen LogP contribution in [0.25, 0.3) is 10.9 Å². The lowest BCUT2D eigenvalue weighted by molar-refractivity contribution is 0.0988. The van der Waals surface area contributed by atoms with E-state index in [1.54, 1.807) is 27.7 Å². The highest BCUT2D eigenvalue weighted by molar-refractivity contribution is 6.07. The van der Waals surface area contributed by atoms with Gasteiger partial charge in [0.15, 0.2) is 0 Å². The van der Waals surface area contributed by atoms with Crippen LogP contribution in [0.3, 0.4) is 0 Å². The van der Waals surface area contributed by atoms with E-state index >= 15 is 0 Å². The third-order valence-electron chi connectivity index (χ3n) is 5.33. The Hall–Kier alpha value is -3.15. The lowest BCUT2D eigenvalue weighted by Gasteiger charge is -2.22. The summed E-state index contributed by atoms with van der Waals surface area (Å²) >= 11 is 0. The van der Waals surface area contributed by atoms with Crippen molar-refractivity contribution in [2.45, 2.75) is 39.7 Å². The second kappa shape index (κ2) is 8.07. The number of ether oxygens (including phenoxy) is 1. The summed E-state index contributed by atoms with van der Waals surface area (Å²) in [5.74, 6) is 1.48. The Labute approximate surface area is 169 Å². The average Bonchev–Trinajstić information content (AvgIpc) is 2.75. The monoisotopic (exact) mass is 391 g/mol. The van der Waals surface area contributed by atoms with Gasteiger partial charge in [-0.05, 0) is 69.2 Å². The van der Waals surface area contributed by atoms with Crippen molar-refractivity contribution in [3.8, 4) is 5.75 Å². The predicted octanol–water partition coefficient (Wildman–Crippen LogP) is 3.80. The van der Waals surface area contributed by atoms with E-state index in [-0.39, 0.29) is 11.5 Å². The highest BCUT2D eigenvalue weighted by atomic mass is 16.5. The number of hydrogen-bond acceptors (Lipinski definition) is 4. The van der Waals surface area contributed by atoms with Gasteiger partial charge >= 0.3 is 0 Å². The maximum Gasteiger partial charge on any atom is 0.261 e. The second-order valence-electron chi connectivity index (χ2n) is 7.15. The van der Waals surface area contributed by atoms with Gasteiger partial charge in [-0.15, -0.1) is 0 Å². The number of hydrogen-bond donors (Lipinski definition) is 0. The third kappa shape index (κ3) is 3.62. The van der Waals surface area contributed by atoms with Gasteiger partial charge in [-0.2, -0.15) is 0 Å². The van der Waals surface area contributed by atoms with Crippen LogP contribution in [0.5, 0.6) is 5.75 Å². The van der Waals surface area contributed by atoms with Crippen molar-refractivity contribution in [2.24, 2.45) is 0 Å². The molecule has 1 aliphatic rings. The first-order chi connectivity index (χ1) is 14.1. The summed E-state index contributed by atoms with van der Waals surface area (Å²) in [7, 11) is 0. The van der Waals surface area contributed by atoms with E-state index in [0.717, 1.165) is 43.1 Å². The van der Waals surface area contributed by atoms with Crippen molar-refractivity contribution in [3.05, 3.63) is 64.2 Å². The van der Waals surface area contributed by atoms with Gasteiger partial charge in [0.1, 0.15) is 11.6 Å². The number of carbonyl (C=O) groups is 1. The first-order valence-electron chi connectivity index (χ1n) is 10.2. The Morgan fingerprint density at radius 3 is 2.66 bits per heavy atom. The number of nitrogens with zero attached hydrogens (tertiary/aromatic N) is 3. The number of benzene rings is 2. The van der Waals surface area contributed by atoms with Gasteiger partial charge in [0.05, 0.1) is 17.5 Å². The molecule has 6 nitrogen and oxygen atoms in total. The average molecular weight is 391 g/mol. The lowest BCUT2D eigenvalue weighted by Crippen LogP contribution is -2.31. The molecule has 0 saturated carbocycles. The molecule has 2 aromatic carbocycles. The van der Waals surface area contributed by atoms with E-state index in [0.29, 0.717) is 29.6 Å². The molecule has 0 saturated heterocycles. The quantitative estimate of drug-likeness (QED) is 0.664. The van der Waals surface area contributed by atoms with Crippen molar-refractivity contribution in [1.29, 1.82) is 0 Å². The summed E-state index contributed by atoms with van der Waals surface area (Å²) < 4.78 is 7.25. The first kappa shape index (κ1) is 19.2. The summed E-state index contributed by atoms with van der Waals surface area (Å²) in [6.45, 7) is 5.73. The fraction of sp³-hybridized carbons (Fsp3) is 0.348. The molecule has 0 radical (unpaired) electrons. The molecule has 4 rings (SSSR count). The highest BCUT2D eigenvalue weighted by Gasteiger charge is 2.19. The minimum Gasteiger partial charge on any atom is -0.494 e. The second-order valence-corrected chi connectivity index (χ2v) is 7.15. The van der Waals surface area contributed by atoms with Crippen LogP contribution in [-0.2, 0) is 13.0 Å². The Morgan fingerprint density at radius 1 is 1.14 bits per heavy atom. The molecule has 0 unspecified atom stereocenters. The smallest absolute Gasteiger partial charge is 0.261 e. The van der Waals surface area contributed by atoms with Gasteiger partial charge in [-0.1, -0.05) is 0 Å². The van der Waals surface area contributed by atoms with E-state index in [2.05, 4.69) is 4.98 Å². The van der Waals surface area contributed by atoms with Crippen LogP contribution in [0, 0.1) is 0 Å². The van der Waals surface area contributed by atoms with Crippen molar-refractivity contribution in [1.82, 2.24) is 9.55 Å². The number of anilines is 1. The summed E-state index contributed by atoms with van der Waals surface area (Å²) in [4.78, 5) is 32.4. The number of aromatic nitrogens is 2. The summed E-state index contributed by atoms with van der Waals surface area (Å²) in [6, 6.07) is 12.7. The van der Waals surface area contributed by atoms with Crippen LogP contribution in [0.4, 0.5) is 5.69 Å². The number of amides is 1. The lowest BCUT2D eigenvalue weighted by atomic mass is 10.1. The zero-order valence-electron chi connectivity index (χ0n) is 16.9. The van der Waals surface area contributed by atoms with E-state index in [9.17, 15) is 9.59 Å². The molecule has 0 N–H and O–H groups in total. The van der Waals surface area contributed by atoms with Crippen LogP contribution in [0.2, 0.25) is 0 Å². The Balaban J connectivity index is 1.69. The number of fused-ring (bicyclic) bond motifs is 2. The summed E-state index contributed by atoms with van der Waals surface area (Å²) in [5.41, 5.74) is 1.92. The standard InChI is InChI=1S/C23H25N3O3/c1-3-25(17-9-11-18(12-10-17)29-4-2)22(27)16-8-13-19-20(15-16)24-21-7-5-6-14-26(21)23(19)28/h8-13,15H,3-7,14H2,1-2H3. The van der Waals surface area contributed by atoms with Gasteiger partial charge in [0.2, 0.25) is 0 Å². The van der Waals surface area contributed by atoms with Crippen LogP contribution in [-0.4, -0.2) is 28.6 Å². The predicted molar refractivity (Wildman–Crippen MR) is 114 cm³/mol. The third-order valence-corrected chi connectivity index (χ3v) is 5.33.